The number of carboxylic acids is 1. The van der Waals surface area contributed by atoms with Gasteiger partial charge in [0.05, 0.1) is 12.2 Å². The molecule has 0 aromatic carbocycles. The molecule has 0 saturated carbocycles. The van der Waals surface area contributed by atoms with Crippen LogP contribution in [0.5, 0.6) is 0 Å². The first-order chi connectivity index (χ1) is 8.84. The van der Waals surface area contributed by atoms with Gasteiger partial charge in [-0.2, -0.15) is 0 Å². The molecular weight excluding hydrogens is 268 g/mol. The van der Waals surface area contributed by atoms with E-state index in [2.05, 4.69) is 0 Å². The molecule has 0 saturated heterocycles. The summed E-state index contributed by atoms with van der Waals surface area (Å²) in [5.74, 6) is -2.50. The van der Waals surface area contributed by atoms with Crippen molar-refractivity contribution >= 4 is 11.9 Å². The van der Waals surface area contributed by atoms with Crippen molar-refractivity contribution < 1.29 is 34.4 Å². The van der Waals surface area contributed by atoms with Gasteiger partial charge < -0.3 is 24.8 Å². The lowest BCUT2D eigenvalue weighted by Crippen LogP contribution is -2.41. The molecule has 0 aromatic rings. The molecule has 0 fully saturated rings. The van der Waals surface area contributed by atoms with E-state index in [1.807, 2.05) is 20.8 Å². The van der Waals surface area contributed by atoms with Gasteiger partial charge in [0.1, 0.15) is 5.60 Å². The van der Waals surface area contributed by atoms with E-state index in [9.17, 15) is 14.7 Å². The number of rotatable bonds is 7. The fourth-order valence-electron chi connectivity index (χ4n) is 1.17. The second-order valence-corrected chi connectivity index (χ2v) is 6.19. The Bertz CT molecular complexity index is 343. The number of ether oxygens (including phenoxy) is 2. The Morgan fingerprint density at radius 2 is 1.55 bits per heavy atom. The molecule has 0 radical (unpaired) electrons. The van der Waals surface area contributed by atoms with Gasteiger partial charge in [0.15, 0.2) is 12.2 Å². The van der Waals surface area contributed by atoms with Crippen LogP contribution in [0.25, 0.3) is 0 Å². The lowest BCUT2D eigenvalue weighted by Gasteiger charge is -2.30. The summed E-state index contributed by atoms with van der Waals surface area (Å²) < 4.78 is 10.5. The molecular formula is C13H24O7. The molecule has 7 heteroatoms. The minimum atomic E-state index is -1.81. The highest BCUT2D eigenvalue weighted by atomic mass is 16.6. The minimum Gasteiger partial charge on any atom is -0.479 e. The van der Waals surface area contributed by atoms with Gasteiger partial charge in [0, 0.05) is 6.42 Å². The average molecular weight is 292 g/mol. The van der Waals surface area contributed by atoms with Crippen molar-refractivity contribution in [2.45, 2.75) is 64.4 Å². The van der Waals surface area contributed by atoms with Crippen LogP contribution in [-0.2, 0) is 19.1 Å². The number of hydrogen-bond acceptors (Lipinski definition) is 6. The van der Waals surface area contributed by atoms with E-state index in [1.165, 1.54) is 0 Å². The molecule has 0 aliphatic carbocycles. The SMILES string of the molecule is CC(C)(C)OCC(C)(C)OC(=O)C(O)C[C@H](O)C(=O)O. The molecule has 0 aliphatic heterocycles. The topological polar surface area (TPSA) is 113 Å². The fourth-order valence-corrected chi connectivity index (χ4v) is 1.17. The van der Waals surface area contributed by atoms with Gasteiger partial charge in [0.25, 0.3) is 0 Å². The Labute approximate surface area is 118 Å². The second kappa shape index (κ2) is 7.01. The van der Waals surface area contributed by atoms with Crippen LogP contribution < -0.4 is 0 Å². The van der Waals surface area contributed by atoms with Gasteiger partial charge in [0.2, 0.25) is 0 Å². The Balaban J connectivity index is 4.39. The van der Waals surface area contributed by atoms with Gasteiger partial charge in [-0.3, -0.25) is 0 Å². The Morgan fingerprint density at radius 1 is 1.05 bits per heavy atom. The Hall–Kier alpha value is -1.18. The van der Waals surface area contributed by atoms with Crippen molar-refractivity contribution in [3.05, 3.63) is 0 Å². The maximum atomic E-state index is 11.6. The standard InChI is InChI=1S/C13H24O7/c1-12(2,3)19-7-13(4,5)20-11(18)9(15)6-8(14)10(16)17/h8-9,14-15H,6-7H2,1-5H3,(H,16,17)/t8-,9?/m0/s1. The maximum absolute atomic E-state index is 11.6. The second-order valence-electron chi connectivity index (χ2n) is 6.19. The third-order valence-electron chi connectivity index (χ3n) is 2.23. The molecule has 3 N–H and O–H groups in total. The van der Waals surface area contributed by atoms with E-state index in [-0.39, 0.29) is 6.61 Å². The number of hydrogen-bond donors (Lipinski definition) is 3. The number of esters is 1. The summed E-state index contributed by atoms with van der Waals surface area (Å²) in [4.78, 5) is 22.0. The van der Waals surface area contributed by atoms with Crippen LogP contribution in [0.15, 0.2) is 0 Å². The zero-order valence-electron chi connectivity index (χ0n) is 12.5. The van der Waals surface area contributed by atoms with Crippen LogP contribution in [0.1, 0.15) is 41.0 Å². The van der Waals surface area contributed by atoms with Crippen LogP contribution in [0.3, 0.4) is 0 Å². The lowest BCUT2D eigenvalue weighted by atomic mass is 10.1. The number of carbonyl (C=O) groups is 2. The first-order valence-corrected chi connectivity index (χ1v) is 6.30. The number of aliphatic carboxylic acids is 1. The van der Waals surface area contributed by atoms with Gasteiger partial charge in [-0.1, -0.05) is 0 Å². The normalized spacial score (nSPS) is 15.6. The van der Waals surface area contributed by atoms with Crippen LogP contribution in [-0.4, -0.2) is 57.3 Å². The van der Waals surface area contributed by atoms with E-state index in [1.54, 1.807) is 13.8 Å². The highest BCUT2D eigenvalue weighted by Crippen LogP contribution is 2.17. The third kappa shape index (κ3) is 8.08. The molecule has 1 unspecified atom stereocenters. The molecule has 0 bridgehead atoms. The van der Waals surface area contributed by atoms with Crippen LogP contribution in [0.4, 0.5) is 0 Å². The molecule has 0 aromatic heterocycles. The first-order valence-electron chi connectivity index (χ1n) is 6.30. The van der Waals surface area contributed by atoms with Crippen molar-refractivity contribution in [3.63, 3.8) is 0 Å². The summed E-state index contributed by atoms with van der Waals surface area (Å²) in [6.07, 6.45) is -4.13. The summed E-state index contributed by atoms with van der Waals surface area (Å²) in [5.41, 5.74) is -1.37. The number of carboxylic acid groups (broad SMARTS) is 1. The van der Waals surface area contributed by atoms with Gasteiger partial charge >= 0.3 is 11.9 Å². The molecule has 0 spiro atoms. The molecule has 7 nitrogen and oxygen atoms in total. The van der Waals surface area contributed by atoms with Gasteiger partial charge in [-0.15, -0.1) is 0 Å². The van der Waals surface area contributed by atoms with Crippen molar-refractivity contribution in [1.29, 1.82) is 0 Å². The van der Waals surface area contributed by atoms with Crippen molar-refractivity contribution in [2.75, 3.05) is 6.61 Å². The highest BCUT2D eigenvalue weighted by molar-refractivity contribution is 5.77. The number of aliphatic hydroxyl groups is 2. The van der Waals surface area contributed by atoms with Crippen LogP contribution in [0, 0.1) is 0 Å². The van der Waals surface area contributed by atoms with E-state index in [4.69, 9.17) is 19.7 Å². The maximum Gasteiger partial charge on any atom is 0.335 e. The van der Waals surface area contributed by atoms with E-state index in [0.717, 1.165) is 0 Å². The van der Waals surface area contributed by atoms with E-state index in [0.29, 0.717) is 0 Å². The van der Waals surface area contributed by atoms with E-state index >= 15 is 0 Å². The zero-order chi connectivity index (χ0) is 16.1. The summed E-state index contributed by atoms with van der Waals surface area (Å²) >= 11 is 0. The predicted molar refractivity (Wildman–Crippen MR) is 70.1 cm³/mol. The van der Waals surface area contributed by atoms with Crippen molar-refractivity contribution in [3.8, 4) is 0 Å². The lowest BCUT2D eigenvalue weighted by molar-refractivity contribution is -0.178. The smallest absolute Gasteiger partial charge is 0.335 e. The first kappa shape index (κ1) is 18.8. The zero-order valence-corrected chi connectivity index (χ0v) is 12.5. The average Bonchev–Trinajstić information content (AvgIpc) is 2.24. The van der Waals surface area contributed by atoms with Crippen LogP contribution in [0.2, 0.25) is 0 Å². The van der Waals surface area contributed by atoms with Crippen molar-refractivity contribution in [1.82, 2.24) is 0 Å². The number of aliphatic hydroxyl groups excluding tert-OH is 2. The largest absolute Gasteiger partial charge is 0.479 e. The summed E-state index contributed by atoms with van der Waals surface area (Å²) in [5, 5.41) is 27.0. The molecule has 0 heterocycles. The Morgan fingerprint density at radius 3 is 1.95 bits per heavy atom. The molecule has 2 atom stereocenters. The summed E-state index contributed by atoms with van der Waals surface area (Å²) in [7, 11) is 0. The number of carbonyl (C=O) groups excluding carboxylic acids is 1. The molecule has 0 aliphatic rings. The van der Waals surface area contributed by atoms with Crippen LogP contribution >= 0.6 is 0 Å². The molecule has 20 heavy (non-hydrogen) atoms. The molecule has 0 amide bonds. The Kier molecular flexibility index (Phi) is 6.60. The minimum absolute atomic E-state index is 0.121. The quantitative estimate of drug-likeness (QED) is 0.579. The summed E-state index contributed by atoms with van der Waals surface area (Å²) in [6, 6.07) is 0. The fraction of sp³-hybridized carbons (Fsp3) is 0.846. The third-order valence-corrected chi connectivity index (χ3v) is 2.23. The molecule has 0 rings (SSSR count). The van der Waals surface area contributed by atoms with Crippen molar-refractivity contribution in [2.24, 2.45) is 0 Å². The van der Waals surface area contributed by atoms with Gasteiger partial charge in [-0.25, -0.2) is 9.59 Å². The molecule has 118 valence electrons. The highest BCUT2D eigenvalue weighted by Gasteiger charge is 2.31. The van der Waals surface area contributed by atoms with Gasteiger partial charge in [-0.05, 0) is 34.6 Å². The summed E-state index contributed by atoms with van der Waals surface area (Å²) in [6.45, 7) is 8.89. The predicted octanol–water partition coefficient (Wildman–Crippen LogP) is 0.320. The monoisotopic (exact) mass is 292 g/mol. The van der Waals surface area contributed by atoms with E-state index < -0.39 is 41.8 Å².